The van der Waals surface area contributed by atoms with Crippen LogP contribution in [0.3, 0.4) is 0 Å². The van der Waals surface area contributed by atoms with Crippen molar-refractivity contribution >= 4 is 5.82 Å². The van der Waals surface area contributed by atoms with Gasteiger partial charge in [0.2, 0.25) is 0 Å². The summed E-state index contributed by atoms with van der Waals surface area (Å²) in [5, 5.41) is 3.28. The largest absolute Gasteiger partial charge is 0.493 e. The lowest BCUT2D eigenvalue weighted by Crippen LogP contribution is -2.10. The first kappa shape index (κ1) is 19.5. The molecule has 28 heavy (non-hydrogen) atoms. The molecule has 0 spiro atoms. The van der Waals surface area contributed by atoms with Gasteiger partial charge in [0.15, 0.2) is 11.5 Å². The van der Waals surface area contributed by atoms with E-state index in [9.17, 15) is 0 Å². The normalized spacial score (nSPS) is 10.4. The van der Waals surface area contributed by atoms with Gasteiger partial charge in [-0.1, -0.05) is 29.8 Å². The Bertz CT molecular complexity index is 898. The van der Waals surface area contributed by atoms with Crippen LogP contribution in [0.5, 0.6) is 17.2 Å². The molecule has 0 aliphatic heterocycles. The van der Waals surface area contributed by atoms with Gasteiger partial charge in [0.05, 0.1) is 7.11 Å². The molecule has 0 radical (unpaired) electrons. The molecule has 0 aliphatic rings. The molecule has 1 N–H and O–H groups in total. The average Bonchev–Trinajstić information content (AvgIpc) is 2.72. The first-order chi connectivity index (χ1) is 13.7. The smallest absolute Gasteiger partial charge is 0.161 e. The Kier molecular flexibility index (Phi) is 6.73. The summed E-state index contributed by atoms with van der Waals surface area (Å²) < 4.78 is 17.1. The number of methoxy groups -OCH3 is 1. The van der Waals surface area contributed by atoms with Gasteiger partial charge >= 0.3 is 0 Å². The van der Waals surface area contributed by atoms with Gasteiger partial charge in [0.25, 0.3) is 0 Å². The van der Waals surface area contributed by atoms with Crippen LogP contribution < -0.4 is 19.5 Å². The van der Waals surface area contributed by atoms with Crippen molar-refractivity contribution in [2.45, 2.75) is 20.4 Å². The number of rotatable bonds is 9. The number of nitrogens with one attached hydrogen (secondary N) is 1. The maximum Gasteiger partial charge on any atom is 0.161 e. The maximum atomic E-state index is 5.85. The van der Waals surface area contributed by atoms with E-state index in [1.54, 1.807) is 13.3 Å². The minimum atomic E-state index is 0.440. The van der Waals surface area contributed by atoms with Crippen molar-refractivity contribution in [1.82, 2.24) is 4.98 Å². The van der Waals surface area contributed by atoms with Crippen molar-refractivity contribution in [2.24, 2.45) is 0 Å². The first-order valence-electron chi connectivity index (χ1n) is 9.30. The van der Waals surface area contributed by atoms with Crippen LogP contribution in [-0.2, 0) is 6.54 Å². The molecular weight excluding hydrogens is 352 g/mol. The quantitative estimate of drug-likeness (QED) is 0.543. The Balaban J connectivity index is 1.52. The van der Waals surface area contributed by atoms with Crippen molar-refractivity contribution in [1.29, 1.82) is 0 Å². The van der Waals surface area contributed by atoms with Crippen LogP contribution in [0, 0.1) is 13.8 Å². The van der Waals surface area contributed by atoms with Crippen molar-refractivity contribution in [3.8, 4) is 17.2 Å². The summed E-state index contributed by atoms with van der Waals surface area (Å²) >= 11 is 0. The Morgan fingerprint density at radius 2 is 1.64 bits per heavy atom. The molecule has 1 aromatic heterocycles. The molecule has 0 saturated carbocycles. The molecular formula is C23H26N2O3. The molecule has 0 fully saturated rings. The van der Waals surface area contributed by atoms with E-state index in [0.717, 1.165) is 22.7 Å². The van der Waals surface area contributed by atoms with Gasteiger partial charge in [-0.2, -0.15) is 0 Å². The predicted molar refractivity (Wildman–Crippen MR) is 111 cm³/mol. The lowest BCUT2D eigenvalue weighted by Gasteiger charge is -2.14. The van der Waals surface area contributed by atoms with Crippen molar-refractivity contribution in [3.63, 3.8) is 0 Å². The summed E-state index contributed by atoms with van der Waals surface area (Å²) in [6.45, 7) is 5.68. The Hall–Kier alpha value is -3.21. The van der Waals surface area contributed by atoms with Crippen LogP contribution >= 0.6 is 0 Å². The molecule has 1 heterocycles. The molecule has 0 bridgehead atoms. The zero-order valence-corrected chi connectivity index (χ0v) is 16.6. The summed E-state index contributed by atoms with van der Waals surface area (Å²) in [5.41, 5.74) is 3.44. The Labute approximate surface area is 166 Å². The SMILES string of the molecule is COc1cc(CNc2ccccn2)ccc1OCCOc1ccc(C)cc1C. The Morgan fingerprint density at radius 3 is 2.36 bits per heavy atom. The molecule has 146 valence electrons. The van der Waals surface area contributed by atoms with Gasteiger partial charge in [-0.25, -0.2) is 4.98 Å². The van der Waals surface area contributed by atoms with Crippen LogP contribution in [-0.4, -0.2) is 25.3 Å². The van der Waals surface area contributed by atoms with Crippen LogP contribution in [0.4, 0.5) is 5.82 Å². The molecule has 3 aromatic rings. The second-order valence-electron chi connectivity index (χ2n) is 6.52. The van der Waals surface area contributed by atoms with E-state index < -0.39 is 0 Å². The number of aryl methyl sites for hydroxylation is 2. The lowest BCUT2D eigenvalue weighted by molar-refractivity contribution is 0.210. The fourth-order valence-electron chi connectivity index (χ4n) is 2.87. The van der Waals surface area contributed by atoms with Gasteiger partial charge in [-0.3, -0.25) is 0 Å². The van der Waals surface area contributed by atoms with E-state index in [2.05, 4.69) is 23.3 Å². The molecule has 0 unspecified atom stereocenters. The number of benzene rings is 2. The lowest BCUT2D eigenvalue weighted by atomic mass is 10.1. The van der Waals surface area contributed by atoms with Gasteiger partial charge < -0.3 is 19.5 Å². The van der Waals surface area contributed by atoms with E-state index >= 15 is 0 Å². The first-order valence-corrected chi connectivity index (χ1v) is 9.30. The van der Waals surface area contributed by atoms with E-state index in [-0.39, 0.29) is 0 Å². The second-order valence-corrected chi connectivity index (χ2v) is 6.52. The van der Waals surface area contributed by atoms with E-state index in [0.29, 0.717) is 31.3 Å². The van der Waals surface area contributed by atoms with Crippen molar-refractivity contribution in [2.75, 3.05) is 25.6 Å². The van der Waals surface area contributed by atoms with Gasteiger partial charge in [-0.05, 0) is 55.3 Å². The number of hydrogen-bond acceptors (Lipinski definition) is 5. The third kappa shape index (κ3) is 5.39. The van der Waals surface area contributed by atoms with Crippen LogP contribution in [0.25, 0.3) is 0 Å². The van der Waals surface area contributed by atoms with Crippen molar-refractivity contribution in [3.05, 3.63) is 77.5 Å². The number of anilines is 1. The minimum Gasteiger partial charge on any atom is -0.493 e. The molecule has 2 aromatic carbocycles. The average molecular weight is 378 g/mol. The third-order valence-electron chi connectivity index (χ3n) is 4.30. The molecule has 0 aliphatic carbocycles. The number of aromatic nitrogens is 1. The topological polar surface area (TPSA) is 52.6 Å². The number of hydrogen-bond donors (Lipinski definition) is 1. The van der Waals surface area contributed by atoms with E-state index in [1.165, 1.54) is 5.56 Å². The highest BCUT2D eigenvalue weighted by Gasteiger charge is 2.07. The zero-order chi connectivity index (χ0) is 19.8. The van der Waals surface area contributed by atoms with Crippen LogP contribution in [0.1, 0.15) is 16.7 Å². The number of pyridine rings is 1. The van der Waals surface area contributed by atoms with Crippen LogP contribution in [0.15, 0.2) is 60.8 Å². The molecule has 5 nitrogen and oxygen atoms in total. The molecule has 0 amide bonds. The highest BCUT2D eigenvalue weighted by Crippen LogP contribution is 2.28. The van der Waals surface area contributed by atoms with Crippen molar-refractivity contribution < 1.29 is 14.2 Å². The van der Waals surface area contributed by atoms with E-state index in [1.807, 2.05) is 55.5 Å². The fraction of sp³-hybridized carbons (Fsp3) is 0.261. The summed E-state index contributed by atoms with van der Waals surface area (Å²) in [6, 6.07) is 17.8. The monoisotopic (exact) mass is 378 g/mol. The van der Waals surface area contributed by atoms with E-state index in [4.69, 9.17) is 14.2 Å². The highest BCUT2D eigenvalue weighted by molar-refractivity contribution is 5.44. The summed E-state index contributed by atoms with van der Waals surface area (Å²) in [6.07, 6.45) is 1.76. The van der Waals surface area contributed by atoms with Crippen LogP contribution in [0.2, 0.25) is 0 Å². The van der Waals surface area contributed by atoms with Gasteiger partial charge in [-0.15, -0.1) is 0 Å². The van der Waals surface area contributed by atoms with Gasteiger partial charge in [0, 0.05) is 12.7 Å². The molecule has 5 heteroatoms. The number of ether oxygens (including phenoxy) is 3. The number of nitrogens with zero attached hydrogens (tertiary/aromatic N) is 1. The molecule has 3 rings (SSSR count). The predicted octanol–water partition coefficient (Wildman–Crippen LogP) is 4.78. The summed E-state index contributed by atoms with van der Waals surface area (Å²) in [7, 11) is 1.64. The zero-order valence-electron chi connectivity index (χ0n) is 16.6. The fourth-order valence-corrected chi connectivity index (χ4v) is 2.87. The minimum absolute atomic E-state index is 0.440. The summed E-state index contributed by atoms with van der Waals surface area (Å²) in [4.78, 5) is 4.26. The second kappa shape index (κ2) is 9.65. The molecule has 0 saturated heterocycles. The molecule has 0 atom stereocenters. The third-order valence-corrected chi connectivity index (χ3v) is 4.30. The van der Waals surface area contributed by atoms with Gasteiger partial charge in [0.1, 0.15) is 24.8 Å². The summed E-state index contributed by atoms with van der Waals surface area (Å²) in [5.74, 6) is 3.13. The maximum absolute atomic E-state index is 5.85. The highest BCUT2D eigenvalue weighted by atomic mass is 16.5. The standard InChI is InChI=1S/C23H26N2O3/c1-17-7-9-20(18(2)14-17)27-12-13-28-21-10-8-19(15-22(21)26-3)16-25-23-6-4-5-11-24-23/h4-11,14-15H,12-13,16H2,1-3H3,(H,24,25). The Morgan fingerprint density at radius 1 is 0.857 bits per heavy atom.